The van der Waals surface area contributed by atoms with Crippen molar-refractivity contribution in [2.24, 2.45) is 0 Å². The minimum atomic E-state index is -3.75. The zero-order valence-corrected chi connectivity index (χ0v) is 13.5. The molecule has 0 bridgehead atoms. The van der Waals surface area contributed by atoms with E-state index >= 15 is 0 Å². The molecule has 0 radical (unpaired) electrons. The van der Waals surface area contributed by atoms with E-state index in [1.165, 1.54) is 30.3 Å². The molecule has 0 aliphatic rings. The zero-order valence-electron chi connectivity index (χ0n) is 11.9. The highest BCUT2D eigenvalue weighted by Crippen LogP contribution is 2.27. The topological polar surface area (TPSA) is 89.3 Å². The van der Waals surface area contributed by atoms with Crippen molar-refractivity contribution in [3.05, 3.63) is 62.9 Å². The summed E-state index contributed by atoms with van der Waals surface area (Å²) in [7, 11) is -3.75. The van der Waals surface area contributed by atoms with Gasteiger partial charge in [-0.15, -0.1) is 0 Å². The third-order valence-electron chi connectivity index (χ3n) is 3.04. The van der Waals surface area contributed by atoms with Crippen molar-refractivity contribution in [3.8, 4) is 0 Å². The first-order chi connectivity index (χ1) is 10.7. The first kappa shape index (κ1) is 17.2. The summed E-state index contributed by atoms with van der Waals surface area (Å²) in [6.45, 7) is 0.251. The lowest BCUT2D eigenvalue weighted by molar-refractivity contribution is -0.387. The highest BCUT2D eigenvalue weighted by atomic mass is 35.5. The van der Waals surface area contributed by atoms with Gasteiger partial charge in [0.2, 0.25) is 0 Å². The van der Waals surface area contributed by atoms with Gasteiger partial charge in [-0.05, 0) is 29.8 Å². The van der Waals surface area contributed by atoms with Crippen molar-refractivity contribution in [2.45, 2.75) is 11.4 Å². The summed E-state index contributed by atoms with van der Waals surface area (Å²) >= 11 is 5.68. The molecule has 6 nitrogen and oxygen atoms in total. The lowest BCUT2D eigenvalue weighted by Crippen LogP contribution is -2.05. The van der Waals surface area contributed by atoms with E-state index in [9.17, 15) is 22.9 Å². The van der Waals surface area contributed by atoms with Crippen molar-refractivity contribution in [1.82, 2.24) is 0 Å². The van der Waals surface area contributed by atoms with E-state index in [1.54, 1.807) is 0 Å². The summed E-state index contributed by atoms with van der Waals surface area (Å²) in [4.78, 5) is 9.78. The van der Waals surface area contributed by atoms with Crippen LogP contribution in [0.2, 0.25) is 5.02 Å². The largest absolute Gasteiger partial charge is 0.381 e. The van der Waals surface area contributed by atoms with Gasteiger partial charge in [-0.3, -0.25) is 10.1 Å². The fourth-order valence-corrected chi connectivity index (χ4v) is 2.99. The number of rotatable bonds is 5. The number of nitrogens with zero attached hydrogens (tertiary/aromatic N) is 1. The van der Waals surface area contributed by atoms with Crippen molar-refractivity contribution in [2.75, 3.05) is 11.6 Å². The Balaban J connectivity index is 2.27. The van der Waals surface area contributed by atoms with Gasteiger partial charge in [-0.1, -0.05) is 17.7 Å². The van der Waals surface area contributed by atoms with E-state index in [4.69, 9.17) is 11.6 Å². The van der Waals surface area contributed by atoms with Gasteiger partial charge in [-0.25, -0.2) is 12.8 Å². The van der Waals surface area contributed by atoms with Crippen LogP contribution in [0.3, 0.4) is 0 Å². The number of hydrogen-bond acceptors (Lipinski definition) is 5. The maximum Gasteiger partial charge on any atom is 0.288 e. The molecule has 0 fully saturated rings. The standard InChI is InChI=1S/C14H12ClFN2O4S/c1-23(21,22)14-7-10(3-5-13(14)18(19)20)17-8-9-2-4-12(16)11(15)6-9/h2-7,17H,8H2,1H3. The number of halogens is 2. The van der Waals surface area contributed by atoms with Crippen molar-refractivity contribution in [3.63, 3.8) is 0 Å². The predicted octanol–water partition coefficient (Wildman–Crippen LogP) is 3.40. The lowest BCUT2D eigenvalue weighted by atomic mass is 10.2. The molecule has 1 N–H and O–H groups in total. The molecular weight excluding hydrogens is 347 g/mol. The molecule has 0 atom stereocenters. The molecule has 2 aromatic carbocycles. The van der Waals surface area contributed by atoms with Crippen LogP contribution in [0.15, 0.2) is 41.3 Å². The Morgan fingerprint density at radius 2 is 1.96 bits per heavy atom. The molecule has 0 aromatic heterocycles. The van der Waals surface area contributed by atoms with Gasteiger partial charge < -0.3 is 5.32 Å². The molecule has 0 saturated carbocycles. The number of anilines is 1. The summed E-state index contributed by atoms with van der Waals surface area (Å²) < 4.78 is 36.4. The maximum atomic E-state index is 13.1. The van der Waals surface area contributed by atoms with Gasteiger partial charge in [0, 0.05) is 24.6 Å². The minimum Gasteiger partial charge on any atom is -0.381 e. The van der Waals surface area contributed by atoms with Crippen LogP contribution in [-0.2, 0) is 16.4 Å². The second-order valence-electron chi connectivity index (χ2n) is 4.81. The van der Waals surface area contributed by atoms with Crippen LogP contribution in [0.5, 0.6) is 0 Å². The maximum absolute atomic E-state index is 13.1. The molecule has 0 unspecified atom stereocenters. The summed E-state index contributed by atoms with van der Waals surface area (Å²) in [5.74, 6) is -0.537. The molecule has 2 rings (SSSR count). The first-order valence-corrected chi connectivity index (χ1v) is 8.61. The van der Waals surface area contributed by atoms with Crippen molar-refractivity contribution >= 4 is 32.8 Å². The molecule has 9 heteroatoms. The average Bonchev–Trinajstić information content (AvgIpc) is 2.47. The van der Waals surface area contributed by atoms with Gasteiger partial charge in [0.25, 0.3) is 5.69 Å². The van der Waals surface area contributed by atoms with E-state index < -0.39 is 26.3 Å². The van der Waals surface area contributed by atoms with Gasteiger partial charge in [-0.2, -0.15) is 0 Å². The van der Waals surface area contributed by atoms with Crippen molar-refractivity contribution in [1.29, 1.82) is 0 Å². The van der Waals surface area contributed by atoms with Crippen LogP contribution in [0.25, 0.3) is 0 Å². The quantitative estimate of drug-likeness (QED) is 0.653. The number of hydrogen-bond donors (Lipinski definition) is 1. The average molecular weight is 359 g/mol. The van der Waals surface area contributed by atoms with Crippen LogP contribution < -0.4 is 5.32 Å². The predicted molar refractivity (Wildman–Crippen MR) is 84.9 cm³/mol. The monoisotopic (exact) mass is 358 g/mol. The first-order valence-electron chi connectivity index (χ1n) is 6.35. The Morgan fingerprint density at radius 3 is 2.52 bits per heavy atom. The van der Waals surface area contributed by atoms with Gasteiger partial charge in [0.1, 0.15) is 10.7 Å². The minimum absolute atomic E-state index is 0.0233. The van der Waals surface area contributed by atoms with Crippen LogP contribution in [0.1, 0.15) is 5.56 Å². The Morgan fingerprint density at radius 1 is 1.26 bits per heavy atom. The zero-order chi connectivity index (χ0) is 17.2. The second kappa shape index (κ2) is 6.51. The lowest BCUT2D eigenvalue weighted by Gasteiger charge is -2.09. The van der Waals surface area contributed by atoms with E-state index in [-0.39, 0.29) is 16.5 Å². The summed E-state index contributed by atoms with van der Waals surface area (Å²) in [5.41, 5.74) is 0.579. The number of nitrogens with one attached hydrogen (secondary N) is 1. The Labute approximate surface area is 137 Å². The fourth-order valence-electron chi connectivity index (χ4n) is 1.93. The molecule has 0 aliphatic carbocycles. The van der Waals surface area contributed by atoms with E-state index in [0.717, 1.165) is 12.3 Å². The highest BCUT2D eigenvalue weighted by molar-refractivity contribution is 7.90. The number of nitro groups is 1. The summed E-state index contributed by atoms with van der Waals surface area (Å²) in [6, 6.07) is 7.90. The third kappa shape index (κ3) is 4.17. The number of nitro benzene ring substituents is 1. The van der Waals surface area contributed by atoms with Crippen LogP contribution in [0, 0.1) is 15.9 Å². The normalized spacial score (nSPS) is 11.3. The number of benzene rings is 2. The van der Waals surface area contributed by atoms with Crippen LogP contribution in [0.4, 0.5) is 15.8 Å². The molecule has 23 heavy (non-hydrogen) atoms. The Hall–Kier alpha value is -2.19. The molecule has 0 aliphatic heterocycles. The summed E-state index contributed by atoms with van der Waals surface area (Å²) in [6.07, 6.45) is 0.902. The molecule has 2 aromatic rings. The molecule has 0 saturated heterocycles. The molecular formula is C14H12ClFN2O4S. The molecule has 0 amide bonds. The third-order valence-corrected chi connectivity index (χ3v) is 4.45. The van der Waals surface area contributed by atoms with E-state index in [1.807, 2.05) is 0 Å². The SMILES string of the molecule is CS(=O)(=O)c1cc(NCc2ccc(F)c(Cl)c2)ccc1[N+](=O)[O-]. The van der Waals surface area contributed by atoms with Gasteiger partial charge in [0.15, 0.2) is 9.84 Å². The van der Waals surface area contributed by atoms with E-state index in [0.29, 0.717) is 11.3 Å². The molecule has 122 valence electrons. The smallest absolute Gasteiger partial charge is 0.288 e. The fraction of sp³-hybridized carbons (Fsp3) is 0.143. The molecule has 0 heterocycles. The van der Waals surface area contributed by atoms with Gasteiger partial charge >= 0.3 is 0 Å². The Bertz CT molecular complexity index is 871. The number of sulfone groups is 1. The van der Waals surface area contributed by atoms with Crippen LogP contribution >= 0.6 is 11.6 Å². The van der Waals surface area contributed by atoms with E-state index in [2.05, 4.69) is 5.32 Å². The Kier molecular flexibility index (Phi) is 4.86. The van der Waals surface area contributed by atoms with Crippen molar-refractivity contribution < 1.29 is 17.7 Å². The molecule has 0 spiro atoms. The second-order valence-corrected chi connectivity index (χ2v) is 7.21. The summed E-state index contributed by atoms with van der Waals surface area (Å²) in [5, 5.41) is 13.8. The van der Waals surface area contributed by atoms with Gasteiger partial charge in [0.05, 0.1) is 9.95 Å². The highest BCUT2D eigenvalue weighted by Gasteiger charge is 2.22. The van der Waals surface area contributed by atoms with Crippen LogP contribution in [-0.4, -0.2) is 19.6 Å².